The summed E-state index contributed by atoms with van der Waals surface area (Å²) in [5.41, 5.74) is 0. The molecule has 0 aromatic heterocycles. The number of carbonyl (C=O) groups excluding carboxylic acids is 3. The average molecular weight is 259 g/mol. The number of hydrogen-bond acceptors (Lipinski definition) is 6. The Morgan fingerprint density at radius 2 is 1.76 bits per heavy atom. The van der Waals surface area contributed by atoms with Gasteiger partial charge in [0.2, 0.25) is 6.08 Å². The fourth-order valence-corrected chi connectivity index (χ4v) is 4.07. The Morgan fingerprint density at radius 1 is 1.24 bits per heavy atom. The van der Waals surface area contributed by atoms with E-state index in [0.29, 0.717) is 25.1 Å². The maximum Gasteiger partial charge on any atom is 0.464 e. The van der Waals surface area contributed by atoms with Gasteiger partial charge in [-0.05, 0) is 6.42 Å². The van der Waals surface area contributed by atoms with E-state index in [9.17, 15) is 14.4 Å². The van der Waals surface area contributed by atoms with E-state index in [1.54, 1.807) is 6.92 Å². The standard InChI is InChI=1S/C10H17NO5Si/c1-4-17(15-9(2)13,16-10(3)14)7-5-6-11-8-12/h4-7H2,1-3H3. The van der Waals surface area contributed by atoms with Crippen LogP contribution < -0.4 is 0 Å². The Bertz CT molecular complexity index is 309. The second-order valence-electron chi connectivity index (χ2n) is 3.53. The molecule has 0 bridgehead atoms. The fraction of sp³-hybridized carbons (Fsp3) is 0.700. The lowest BCUT2D eigenvalue weighted by Gasteiger charge is -2.27. The predicted octanol–water partition coefficient (Wildman–Crippen LogP) is 1.30. The first-order chi connectivity index (χ1) is 7.95. The van der Waals surface area contributed by atoms with Gasteiger partial charge in [-0.15, -0.1) is 0 Å². The molecule has 96 valence electrons. The summed E-state index contributed by atoms with van der Waals surface area (Å²) >= 11 is 0. The molecule has 0 aliphatic rings. The minimum absolute atomic E-state index is 0.292. The maximum absolute atomic E-state index is 11.0. The highest BCUT2D eigenvalue weighted by Crippen LogP contribution is 2.21. The molecule has 0 aromatic rings. The average Bonchev–Trinajstić information content (AvgIpc) is 2.22. The molecular formula is C10H17NO5Si. The summed E-state index contributed by atoms with van der Waals surface area (Å²) in [6.45, 7) is 4.66. The van der Waals surface area contributed by atoms with Crippen molar-refractivity contribution in [2.24, 2.45) is 4.99 Å². The van der Waals surface area contributed by atoms with E-state index < -0.39 is 20.5 Å². The molecular weight excluding hydrogens is 242 g/mol. The molecule has 0 unspecified atom stereocenters. The van der Waals surface area contributed by atoms with Crippen molar-refractivity contribution in [2.45, 2.75) is 39.3 Å². The van der Waals surface area contributed by atoms with Crippen LogP contribution in [-0.2, 0) is 23.2 Å². The largest absolute Gasteiger partial charge is 0.485 e. The summed E-state index contributed by atoms with van der Waals surface area (Å²) in [7, 11) is -2.83. The van der Waals surface area contributed by atoms with Crippen LogP contribution in [0.4, 0.5) is 0 Å². The van der Waals surface area contributed by atoms with Crippen molar-refractivity contribution < 1.29 is 23.2 Å². The van der Waals surface area contributed by atoms with Crippen LogP contribution in [0.25, 0.3) is 0 Å². The monoisotopic (exact) mass is 259 g/mol. The lowest BCUT2D eigenvalue weighted by molar-refractivity contribution is -0.139. The summed E-state index contributed by atoms with van der Waals surface area (Å²) in [6, 6.07) is 0.921. The Labute approximate surface area is 101 Å². The molecule has 0 saturated heterocycles. The van der Waals surface area contributed by atoms with E-state index >= 15 is 0 Å². The second-order valence-corrected chi connectivity index (χ2v) is 6.96. The molecule has 0 saturated carbocycles. The zero-order valence-electron chi connectivity index (χ0n) is 10.3. The van der Waals surface area contributed by atoms with Crippen molar-refractivity contribution >= 4 is 26.6 Å². The third-order valence-electron chi connectivity index (χ3n) is 2.09. The summed E-state index contributed by atoms with van der Waals surface area (Å²) in [5.74, 6) is -0.919. The van der Waals surface area contributed by atoms with E-state index in [1.165, 1.54) is 19.9 Å². The zero-order valence-corrected chi connectivity index (χ0v) is 11.3. The van der Waals surface area contributed by atoms with Gasteiger partial charge >= 0.3 is 8.56 Å². The Balaban J connectivity index is 4.59. The lowest BCUT2D eigenvalue weighted by Crippen LogP contribution is -2.44. The van der Waals surface area contributed by atoms with Gasteiger partial charge in [-0.25, -0.2) is 9.79 Å². The Kier molecular flexibility index (Phi) is 7.09. The Morgan fingerprint density at radius 3 is 2.12 bits per heavy atom. The highest BCUT2D eigenvalue weighted by Gasteiger charge is 2.41. The van der Waals surface area contributed by atoms with Crippen LogP contribution in [0.2, 0.25) is 12.1 Å². The normalized spacial score (nSPS) is 10.3. The van der Waals surface area contributed by atoms with Crippen molar-refractivity contribution in [2.75, 3.05) is 6.54 Å². The maximum atomic E-state index is 11.0. The van der Waals surface area contributed by atoms with Crippen molar-refractivity contribution in [3.63, 3.8) is 0 Å². The fourth-order valence-electron chi connectivity index (χ4n) is 1.44. The SMILES string of the molecule is CC[Si](CCCN=C=O)(OC(C)=O)OC(C)=O. The zero-order chi connectivity index (χ0) is 13.3. The van der Waals surface area contributed by atoms with E-state index in [2.05, 4.69) is 4.99 Å². The molecule has 0 aliphatic carbocycles. The first-order valence-corrected chi connectivity index (χ1v) is 7.61. The number of hydrogen-bond donors (Lipinski definition) is 0. The molecule has 0 rings (SSSR count). The third kappa shape index (κ3) is 6.65. The summed E-state index contributed by atoms with van der Waals surface area (Å²) in [4.78, 5) is 35.4. The van der Waals surface area contributed by atoms with E-state index in [-0.39, 0.29) is 0 Å². The van der Waals surface area contributed by atoms with Crippen molar-refractivity contribution in [3.05, 3.63) is 0 Å². The summed E-state index contributed by atoms with van der Waals surface area (Å²) < 4.78 is 10.4. The van der Waals surface area contributed by atoms with Crippen LogP contribution in [0.1, 0.15) is 27.2 Å². The van der Waals surface area contributed by atoms with Crippen molar-refractivity contribution in [1.82, 2.24) is 0 Å². The van der Waals surface area contributed by atoms with Crippen LogP contribution in [-0.4, -0.2) is 33.1 Å². The van der Waals surface area contributed by atoms with Gasteiger partial charge in [0, 0.05) is 25.9 Å². The molecule has 0 radical (unpaired) electrons. The van der Waals surface area contributed by atoms with Crippen LogP contribution in [0, 0.1) is 0 Å². The predicted molar refractivity (Wildman–Crippen MR) is 62.2 cm³/mol. The summed E-state index contributed by atoms with van der Waals surface area (Å²) in [5, 5.41) is 0. The van der Waals surface area contributed by atoms with Gasteiger partial charge < -0.3 is 8.85 Å². The number of rotatable bonds is 7. The van der Waals surface area contributed by atoms with Crippen LogP contribution in [0.15, 0.2) is 4.99 Å². The topological polar surface area (TPSA) is 82.0 Å². The highest BCUT2D eigenvalue weighted by atomic mass is 28.4. The molecule has 0 spiro atoms. The first kappa shape index (κ1) is 15.5. The molecule has 0 N–H and O–H groups in total. The van der Waals surface area contributed by atoms with Crippen molar-refractivity contribution in [1.29, 1.82) is 0 Å². The molecule has 0 aliphatic heterocycles. The van der Waals surface area contributed by atoms with Gasteiger partial charge in [-0.3, -0.25) is 9.59 Å². The molecule has 17 heavy (non-hydrogen) atoms. The second kappa shape index (κ2) is 7.75. The van der Waals surface area contributed by atoms with Gasteiger partial charge in [0.15, 0.2) is 0 Å². The highest BCUT2D eigenvalue weighted by molar-refractivity contribution is 6.70. The number of nitrogens with zero attached hydrogens (tertiary/aromatic N) is 1. The van der Waals surface area contributed by atoms with Gasteiger partial charge in [-0.2, -0.15) is 0 Å². The van der Waals surface area contributed by atoms with Crippen LogP contribution in [0.3, 0.4) is 0 Å². The lowest BCUT2D eigenvalue weighted by atomic mass is 10.5. The molecule has 0 amide bonds. The van der Waals surface area contributed by atoms with E-state index in [1.807, 2.05) is 0 Å². The van der Waals surface area contributed by atoms with Gasteiger partial charge in [0.05, 0.1) is 6.54 Å². The number of aliphatic imine (C=N–C) groups is 1. The van der Waals surface area contributed by atoms with Gasteiger partial charge in [0.1, 0.15) is 0 Å². The molecule has 0 fully saturated rings. The molecule has 0 atom stereocenters. The minimum atomic E-state index is -2.83. The van der Waals surface area contributed by atoms with Gasteiger partial charge in [-0.1, -0.05) is 6.92 Å². The molecule has 0 aromatic carbocycles. The number of isocyanates is 1. The molecule has 6 nitrogen and oxygen atoms in total. The van der Waals surface area contributed by atoms with Crippen molar-refractivity contribution in [3.8, 4) is 0 Å². The summed E-state index contributed by atoms with van der Waals surface area (Å²) in [6.07, 6.45) is 1.95. The smallest absolute Gasteiger partial charge is 0.464 e. The van der Waals surface area contributed by atoms with E-state index in [0.717, 1.165) is 0 Å². The minimum Gasteiger partial charge on any atom is -0.485 e. The Hall–Kier alpha value is -1.46. The van der Waals surface area contributed by atoms with Gasteiger partial charge in [0.25, 0.3) is 11.9 Å². The van der Waals surface area contributed by atoms with Crippen LogP contribution >= 0.6 is 0 Å². The number of carbonyl (C=O) groups is 2. The first-order valence-electron chi connectivity index (χ1n) is 5.38. The quantitative estimate of drug-likeness (QED) is 0.298. The molecule has 7 heteroatoms. The third-order valence-corrected chi connectivity index (χ3v) is 5.60. The van der Waals surface area contributed by atoms with Crippen LogP contribution in [0.5, 0.6) is 0 Å². The van der Waals surface area contributed by atoms with E-state index in [4.69, 9.17) is 8.85 Å². The molecule has 0 heterocycles.